The molecule has 0 saturated carbocycles. The number of ether oxygens (including phenoxy) is 2. The number of nitrogens with one attached hydrogen (secondary N) is 1. The van der Waals surface area contributed by atoms with Crippen LogP contribution in [0.1, 0.15) is 56.8 Å². The van der Waals surface area contributed by atoms with Crippen molar-refractivity contribution in [2.24, 2.45) is 5.73 Å². The molecule has 0 saturated heterocycles. The number of hydrogen-bond acceptors (Lipinski definition) is 5. The van der Waals surface area contributed by atoms with Crippen molar-refractivity contribution in [1.29, 1.82) is 0 Å². The van der Waals surface area contributed by atoms with E-state index >= 15 is 0 Å². The number of rotatable bonds is 5. The van der Waals surface area contributed by atoms with Gasteiger partial charge < -0.3 is 20.5 Å². The van der Waals surface area contributed by atoms with Crippen LogP contribution in [0.5, 0.6) is 11.5 Å². The summed E-state index contributed by atoms with van der Waals surface area (Å²) in [5.74, 6) is 0.166. The standard InChI is InChI=1S/C20H24N2O4S/c1-25-12-9-10-13(15(11-12)26-2)19(24)22-20-17(18(21)23)14-7-5-3-4-6-8-16(14)27-20/h9-11H,3-8H2,1-2H3,(H2,21,23)(H,22,24). The number of carbonyl (C=O) groups is 2. The van der Waals surface area contributed by atoms with Crippen molar-refractivity contribution in [3.63, 3.8) is 0 Å². The van der Waals surface area contributed by atoms with Crippen LogP contribution < -0.4 is 20.5 Å². The van der Waals surface area contributed by atoms with E-state index in [0.29, 0.717) is 27.6 Å². The minimum atomic E-state index is -0.495. The number of hydrogen-bond donors (Lipinski definition) is 2. The summed E-state index contributed by atoms with van der Waals surface area (Å²) in [5, 5.41) is 3.40. The zero-order chi connectivity index (χ0) is 19.4. The molecule has 3 rings (SSSR count). The molecule has 0 radical (unpaired) electrons. The number of benzene rings is 1. The first-order chi connectivity index (χ1) is 13.0. The van der Waals surface area contributed by atoms with Crippen LogP contribution in [-0.2, 0) is 12.8 Å². The molecule has 2 amide bonds. The largest absolute Gasteiger partial charge is 0.497 e. The summed E-state index contributed by atoms with van der Waals surface area (Å²) in [4.78, 5) is 26.1. The highest BCUT2D eigenvalue weighted by molar-refractivity contribution is 7.17. The number of primary amides is 1. The van der Waals surface area contributed by atoms with E-state index in [1.807, 2.05) is 0 Å². The van der Waals surface area contributed by atoms with Gasteiger partial charge in [0, 0.05) is 10.9 Å². The molecule has 1 aromatic carbocycles. The number of fused-ring (bicyclic) bond motifs is 1. The molecule has 1 aromatic heterocycles. The molecule has 0 aliphatic heterocycles. The first-order valence-electron chi connectivity index (χ1n) is 9.03. The molecule has 0 fully saturated rings. The van der Waals surface area contributed by atoms with Gasteiger partial charge in [0.05, 0.1) is 25.3 Å². The van der Waals surface area contributed by atoms with E-state index < -0.39 is 5.91 Å². The second-order valence-corrected chi connectivity index (χ2v) is 7.61. The molecule has 0 unspecified atom stereocenters. The average molecular weight is 388 g/mol. The van der Waals surface area contributed by atoms with Gasteiger partial charge in [-0.2, -0.15) is 0 Å². The predicted molar refractivity (Wildman–Crippen MR) is 106 cm³/mol. The number of amides is 2. The normalized spacial score (nSPS) is 13.9. The summed E-state index contributed by atoms with van der Waals surface area (Å²) in [6.07, 6.45) is 6.20. The number of methoxy groups -OCH3 is 2. The zero-order valence-corrected chi connectivity index (χ0v) is 16.4. The molecular weight excluding hydrogens is 364 g/mol. The van der Waals surface area contributed by atoms with Crippen LogP contribution in [0.3, 0.4) is 0 Å². The number of nitrogens with two attached hydrogens (primary N) is 1. The Hall–Kier alpha value is -2.54. The van der Waals surface area contributed by atoms with Crippen molar-refractivity contribution in [1.82, 2.24) is 0 Å². The molecule has 0 atom stereocenters. The maximum absolute atomic E-state index is 12.8. The Kier molecular flexibility index (Phi) is 6.01. The molecule has 7 heteroatoms. The third kappa shape index (κ3) is 4.08. The van der Waals surface area contributed by atoms with Crippen LogP contribution in [0.25, 0.3) is 0 Å². The second kappa shape index (κ2) is 8.43. The SMILES string of the molecule is COc1ccc(C(=O)Nc2sc3c(c2C(N)=O)CCCCCC3)c(OC)c1. The Morgan fingerprint density at radius 3 is 2.48 bits per heavy atom. The average Bonchev–Trinajstić information content (AvgIpc) is 2.97. The van der Waals surface area contributed by atoms with E-state index in [9.17, 15) is 9.59 Å². The first kappa shape index (κ1) is 19.2. The lowest BCUT2D eigenvalue weighted by molar-refractivity contribution is 0.100. The van der Waals surface area contributed by atoms with Gasteiger partial charge in [0.15, 0.2) is 0 Å². The van der Waals surface area contributed by atoms with Gasteiger partial charge in [-0.15, -0.1) is 11.3 Å². The zero-order valence-electron chi connectivity index (χ0n) is 15.6. The van der Waals surface area contributed by atoms with Crippen LogP contribution in [0.4, 0.5) is 5.00 Å². The van der Waals surface area contributed by atoms with Crippen LogP contribution in [0, 0.1) is 0 Å². The fraction of sp³-hybridized carbons (Fsp3) is 0.400. The summed E-state index contributed by atoms with van der Waals surface area (Å²) in [6, 6.07) is 4.98. The van der Waals surface area contributed by atoms with Crippen LogP contribution in [-0.4, -0.2) is 26.0 Å². The minimum absolute atomic E-state index is 0.341. The van der Waals surface area contributed by atoms with Gasteiger partial charge in [0.2, 0.25) is 0 Å². The highest BCUT2D eigenvalue weighted by Crippen LogP contribution is 2.37. The molecule has 144 valence electrons. The monoisotopic (exact) mass is 388 g/mol. The van der Waals surface area contributed by atoms with Crippen LogP contribution in [0.2, 0.25) is 0 Å². The highest BCUT2D eigenvalue weighted by atomic mass is 32.1. The molecule has 0 bridgehead atoms. The van der Waals surface area contributed by atoms with E-state index in [1.165, 1.54) is 24.9 Å². The lowest BCUT2D eigenvalue weighted by Crippen LogP contribution is -2.18. The summed E-state index contributed by atoms with van der Waals surface area (Å²) >= 11 is 1.46. The van der Waals surface area contributed by atoms with Gasteiger partial charge in [-0.25, -0.2) is 0 Å². The Morgan fingerprint density at radius 2 is 1.81 bits per heavy atom. The molecule has 0 spiro atoms. The maximum Gasteiger partial charge on any atom is 0.260 e. The van der Waals surface area contributed by atoms with Gasteiger partial charge >= 0.3 is 0 Å². The third-order valence-corrected chi connectivity index (χ3v) is 6.01. The fourth-order valence-electron chi connectivity index (χ4n) is 3.42. The quantitative estimate of drug-likeness (QED) is 0.816. The van der Waals surface area contributed by atoms with E-state index in [4.69, 9.17) is 15.2 Å². The van der Waals surface area contributed by atoms with Gasteiger partial charge in [0.25, 0.3) is 11.8 Å². The lowest BCUT2D eigenvalue weighted by atomic mass is 9.96. The maximum atomic E-state index is 12.8. The van der Waals surface area contributed by atoms with E-state index in [0.717, 1.165) is 42.5 Å². The number of anilines is 1. The molecule has 2 aromatic rings. The van der Waals surface area contributed by atoms with Crippen molar-refractivity contribution in [3.8, 4) is 11.5 Å². The summed E-state index contributed by atoms with van der Waals surface area (Å²) in [7, 11) is 3.05. The van der Waals surface area contributed by atoms with Crippen LogP contribution >= 0.6 is 11.3 Å². The smallest absolute Gasteiger partial charge is 0.260 e. The summed E-state index contributed by atoms with van der Waals surface area (Å²) in [6.45, 7) is 0. The highest BCUT2D eigenvalue weighted by Gasteiger charge is 2.25. The Balaban J connectivity index is 1.94. The molecule has 1 aliphatic rings. The fourth-order valence-corrected chi connectivity index (χ4v) is 4.71. The van der Waals surface area contributed by atoms with Crippen molar-refractivity contribution in [2.45, 2.75) is 38.5 Å². The Bertz CT molecular complexity index is 860. The molecule has 6 nitrogen and oxygen atoms in total. The van der Waals surface area contributed by atoms with Crippen molar-refractivity contribution < 1.29 is 19.1 Å². The second-order valence-electron chi connectivity index (χ2n) is 6.51. The van der Waals surface area contributed by atoms with E-state index in [-0.39, 0.29) is 5.91 Å². The van der Waals surface area contributed by atoms with Crippen molar-refractivity contribution in [3.05, 3.63) is 39.8 Å². The Morgan fingerprint density at radius 1 is 1.07 bits per heavy atom. The summed E-state index contributed by atoms with van der Waals surface area (Å²) < 4.78 is 10.5. The van der Waals surface area contributed by atoms with E-state index in [2.05, 4.69) is 5.32 Å². The minimum Gasteiger partial charge on any atom is -0.497 e. The van der Waals surface area contributed by atoms with Gasteiger partial charge in [-0.05, 0) is 43.4 Å². The molecule has 27 heavy (non-hydrogen) atoms. The van der Waals surface area contributed by atoms with Gasteiger partial charge in [-0.1, -0.05) is 12.8 Å². The molecule has 1 aliphatic carbocycles. The van der Waals surface area contributed by atoms with Gasteiger partial charge in [0.1, 0.15) is 16.5 Å². The molecule has 3 N–H and O–H groups in total. The lowest BCUT2D eigenvalue weighted by Gasteiger charge is -2.11. The molecule has 1 heterocycles. The predicted octanol–water partition coefficient (Wildman–Crippen LogP) is 3.78. The Labute approximate surface area is 162 Å². The van der Waals surface area contributed by atoms with E-state index in [1.54, 1.807) is 25.3 Å². The van der Waals surface area contributed by atoms with Crippen LogP contribution in [0.15, 0.2) is 18.2 Å². The third-order valence-electron chi connectivity index (χ3n) is 4.80. The van der Waals surface area contributed by atoms with Crippen molar-refractivity contribution in [2.75, 3.05) is 19.5 Å². The summed E-state index contributed by atoms with van der Waals surface area (Å²) in [5.41, 5.74) is 7.49. The van der Waals surface area contributed by atoms with Gasteiger partial charge in [-0.3, -0.25) is 9.59 Å². The number of aryl methyl sites for hydroxylation is 1. The number of thiophene rings is 1. The first-order valence-corrected chi connectivity index (χ1v) is 9.84. The topological polar surface area (TPSA) is 90.6 Å². The number of carbonyl (C=O) groups excluding carboxylic acids is 2. The molecular formula is C20H24N2O4S. The van der Waals surface area contributed by atoms with Crippen molar-refractivity contribution >= 4 is 28.2 Å².